The van der Waals surface area contributed by atoms with E-state index in [4.69, 9.17) is 9.39 Å². The molecule has 1 atom stereocenters. The molecule has 1 aliphatic rings. The summed E-state index contributed by atoms with van der Waals surface area (Å²) < 4.78 is 26.5. The van der Waals surface area contributed by atoms with Crippen LogP contribution in [0.3, 0.4) is 0 Å². The fourth-order valence-corrected chi connectivity index (χ4v) is 2.50. The molecule has 0 amide bonds. The van der Waals surface area contributed by atoms with Crippen LogP contribution < -0.4 is 4.89 Å². The SMILES string of the molecule is CC(OS(=O)(=O)NO)C1CCCCC1. The molecule has 2 N–H and O–H groups in total. The van der Waals surface area contributed by atoms with Crippen molar-refractivity contribution in [2.75, 3.05) is 0 Å². The zero-order chi connectivity index (χ0) is 10.6. The van der Waals surface area contributed by atoms with Gasteiger partial charge in [0.2, 0.25) is 0 Å². The van der Waals surface area contributed by atoms with Crippen LogP contribution in [0.1, 0.15) is 39.0 Å². The molecule has 6 heteroatoms. The summed E-state index contributed by atoms with van der Waals surface area (Å²) >= 11 is 0. The number of rotatable bonds is 4. The molecule has 1 saturated carbocycles. The molecule has 1 aliphatic carbocycles. The van der Waals surface area contributed by atoms with Gasteiger partial charge in [-0.25, -0.2) is 0 Å². The summed E-state index contributed by atoms with van der Waals surface area (Å²) in [6, 6.07) is 0. The first-order valence-corrected chi connectivity index (χ1v) is 6.30. The lowest BCUT2D eigenvalue weighted by atomic mass is 9.86. The van der Waals surface area contributed by atoms with Gasteiger partial charge >= 0.3 is 10.3 Å². The number of hydrogen-bond acceptors (Lipinski definition) is 4. The van der Waals surface area contributed by atoms with E-state index in [2.05, 4.69) is 0 Å². The third kappa shape index (κ3) is 3.53. The molecule has 0 saturated heterocycles. The minimum Gasteiger partial charge on any atom is -0.300 e. The average molecular weight is 223 g/mol. The van der Waals surface area contributed by atoms with E-state index in [1.54, 1.807) is 6.92 Å². The van der Waals surface area contributed by atoms with Crippen LogP contribution in [0.2, 0.25) is 0 Å². The van der Waals surface area contributed by atoms with Crippen molar-refractivity contribution in [2.45, 2.75) is 45.1 Å². The van der Waals surface area contributed by atoms with Gasteiger partial charge in [0.15, 0.2) is 0 Å². The van der Waals surface area contributed by atoms with Crippen molar-refractivity contribution in [2.24, 2.45) is 5.92 Å². The largest absolute Gasteiger partial charge is 0.358 e. The van der Waals surface area contributed by atoms with E-state index in [1.807, 2.05) is 0 Å². The minimum absolute atomic E-state index is 0.284. The Kier molecular flexibility index (Phi) is 4.31. The van der Waals surface area contributed by atoms with Crippen LogP contribution in [0.4, 0.5) is 0 Å². The lowest BCUT2D eigenvalue weighted by Crippen LogP contribution is -2.31. The van der Waals surface area contributed by atoms with Crippen LogP contribution in [0, 0.1) is 5.92 Å². The first kappa shape index (κ1) is 11.9. The van der Waals surface area contributed by atoms with Crippen LogP contribution in [0.15, 0.2) is 0 Å². The summed E-state index contributed by atoms with van der Waals surface area (Å²) in [5.74, 6) is 0.284. The van der Waals surface area contributed by atoms with E-state index in [1.165, 1.54) is 6.42 Å². The van der Waals surface area contributed by atoms with Crippen molar-refractivity contribution in [1.82, 2.24) is 4.89 Å². The fourth-order valence-electron chi connectivity index (χ4n) is 1.90. The van der Waals surface area contributed by atoms with Gasteiger partial charge in [-0.3, -0.25) is 4.18 Å². The van der Waals surface area contributed by atoms with Gasteiger partial charge in [-0.1, -0.05) is 24.1 Å². The van der Waals surface area contributed by atoms with Crippen LogP contribution in [0.5, 0.6) is 0 Å². The first-order valence-electron chi connectivity index (χ1n) is 4.89. The zero-order valence-corrected chi connectivity index (χ0v) is 9.09. The lowest BCUT2D eigenvalue weighted by molar-refractivity contribution is 0.112. The van der Waals surface area contributed by atoms with E-state index in [-0.39, 0.29) is 12.0 Å². The molecule has 0 aliphatic heterocycles. The van der Waals surface area contributed by atoms with Crippen molar-refractivity contribution in [3.05, 3.63) is 0 Å². The maximum atomic E-state index is 10.9. The topological polar surface area (TPSA) is 75.6 Å². The second kappa shape index (κ2) is 5.06. The molecular weight excluding hydrogens is 206 g/mol. The van der Waals surface area contributed by atoms with E-state index in [9.17, 15) is 8.42 Å². The lowest BCUT2D eigenvalue weighted by Gasteiger charge is -2.26. The van der Waals surface area contributed by atoms with Crippen molar-refractivity contribution in [3.63, 3.8) is 0 Å². The normalized spacial score (nSPS) is 22.1. The molecule has 5 nitrogen and oxygen atoms in total. The Bertz CT molecular complexity index is 259. The van der Waals surface area contributed by atoms with Gasteiger partial charge in [0.05, 0.1) is 6.10 Å². The smallest absolute Gasteiger partial charge is 0.300 e. The summed E-state index contributed by atoms with van der Waals surface area (Å²) in [5, 5.41) is 8.28. The van der Waals surface area contributed by atoms with Crippen molar-refractivity contribution >= 4 is 10.3 Å². The average Bonchev–Trinajstić information content (AvgIpc) is 2.19. The molecule has 1 unspecified atom stereocenters. The Morgan fingerprint density at radius 1 is 1.36 bits per heavy atom. The summed E-state index contributed by atoms with van der Waals surface area (Å²) in [6.07, 6.45) is 5.12. The van der Waals surface area contributed by atoms with E-state index < -0.39 is 10.3 Å². The fraction of sp³-hybridized carbons (Fsp3) is 1.00. The Morgan fingerprint density at radius 3 is 2.43 bits per heavy atom. The summed E-state index contributed by atoms with van der Waals surface area (Å²) in [7, 11) is -3.96. The van der Waals surface area contributed by atoms with Gasteiger partial charge in [0.25, 0.3) is 0 Å². The number of hydrogen-bond donors (Lipinski definition) is 2. The first-order chi connectivity index (χ1) is 6.55. The van der Waals surface area contributed by atoms with E-state index in [0.29, 0.717) is 0 Å². The van der Waals surface area contributed by atoms with Gasteiger partial charge in [-0.15, -0.1) is 0 Å². The standard InChI is InChI=1S/C8H17NO4S/c1-7(13-14(11,12)9-10)8-5-3-2-4-6-8/h7-10H,2-6H2,1H3. The summed E-state index contributed by atoms with van der Waals surface area (Å²) in [6.45, 7) is 1.73. The van der Waals surface area contributed by atoms with Crippen LogP contribution in [-0.4, -0.2) is 19.7 Å². The van der Waals surface area contributed by atoms with Crippen LogP contribution in [-0.2, 0) is 14.5 Å². The van der Waals surface area contributed by atoms with Crippen molar-refractivity contribution in [3.8, 4) is 0 Å². The van der Waals surface area contributed by atoms with Gasteiger partial charge in [0, 0.05) is 0 Å². The molecule has 0 aromatic heterocycles. The highest BCUT2D eigenvalue weighted by Crippen LogP contribution is 2.28. The summed E-state index contributed by atoms with van der Waals surface area (Å²) in [4.78, 5) is 1.16. The minimum atomic E-state index is -3.96. The van der Waals surface area contributed by atoms with Crippen LogP contribution >= 0.6 is 0 Å². The Morgan fingerprint density at radius 2 is 1.93 bits per heavy atom. The second-order valence-corrected chi connectivity index (χ2v) is 5.03. The van der Waals surface area contributed by atoms with Crippen molar-refractivity contribution < 1.29 is 17.8 Å². The third-order valence-electron chi connectivity index (χ3n) is 2.70. The Hall–Kier alpha value is -0.170. The van der Waals surface area contributed by atoms with Crippen LogP contribution in [0.25, 0.3) is 0 Å². The molecule has 0 heterocycles. The molecule has 0 aromatic carbocycles. The molecular formula is C8H17NO4S. The maximum absolute atomic E-state index is 10.9. The molecule has 0 spiro atoms. The highest BCUT2D eigenvalue weighted by molar-refractivity contribution is 7.84. The maximum Gasteiger partial charge on any atom is 0.358 e. The molecule has 0 aromatic rings. The van der Waals surface area contributed by atoms with Gasteiger partial charge < -0.3 is 5.21 Å². The predicted molar refractivity (Wildman–Crippen MR) is 51.0 cm³/mol. The zero-order valence-electron chi connectivity index (χ0n) is 8.27. The van der Waals surface area contributed by atoms with Gasteiger partial charge in [0.1, 0.15) is 0 Å². The van der Waals surface area contributed by atoms with Crippen molar-refractivity contribution in [1.29, 1.82) is 0 Å². The number of nitrogens with one attached hydrogen (secondary N) is 1. The molecule has 1 fully saturated rings. The van der Waals surface area contributed by atoms with Gasteiger partial charge in [-0.2, -0.15) is 8.42 Å². The molecule has 1 rings (SSSR count). The Balaban J connectivity index is 2.44. The Labute approximate surface area is 84.7 Å². The molecule has 0 radical (unpaired) electrons. The van der Waals surface area contributed by atoms with Gasteiger partial charge in [-0.05, 0) is 25.7 Å². The highest BCUT2D eigenvalue weighted by Gasteiger charge is 2.24. The van der Waals surface area contributed by atoms with E-state index in [0.717, 1.165) is 30.6 Å². The molecule has 0 bridgehead atoms. The third-order valence-corrected chi connectivity index (χ3v) is 3.48. The molecule has 14 heavy (non-hydrogen) atoms. The second-order valence-electron chi connectivity index (χ2n) is 3.74. The quantitative estimate of drug-likeness (QED) is 0.702. The van der Waals surface area contributed by atoms with E-state index >= 15 is 0 Å². The monoisotopic (exact) mass is 223 g/mol. The predicted octanol–water partition coefficient (Wildman–Crippen LogP) is 1.20. The summed E-state index contributed by atoms with van der Waals surface area (Å²) in [5.41, 5.74) is 0. The molecule has 84 valence electrons. The highest BCUT2D eigenvalue weighted by atomic mass is 32.2.